The first kappa shape index (κ1) is 15.5. The molecular formula is C17H17F2N3O. The molecule has 0 aliphatic carbocycles. The Labute approximate surface area is 133 Å². The maximum absolute atomic E-state index is 13.8. The third-order valence-corrected chi connectivity index (χ3v) is 3.74. The van der Waals surface area contributed by atoms with Gasteiger partial charge < -0.3 is 4.90 Å². The molecule has 0 saturated heterocycles. The van der Waals surface area contributed by atoms with E-state index in [1.54, 1.807) is 6.20 Å². The van der Waals surface area contributed by atoms with E-state index in [9.17, 15) is 13.6 Å². The quantitative estimate of drug-likeness (QED) is 0.874. The van der Waals surface area contributed by atoms with Crippen molar-refractivity contribution >= 4 is 5.91 Å². The summed E-state index contributed by atoms with van der Waals surface area (Å²) in [6.07, 6.45) is 2.48. The van der Waals surface area contributed by atoms with Crippen LogP contribution in [0.15, 0.2) is 24.4 Å². The summed E-state index contributed by atoms with van der Waals surface area (Å²) in [6.45, 7) is 4.77. The van der Waals surface area contributed by atoms with Gasteiger partial charge in [0.05, 0.1) is 17.8 Å². The standard InChI is InChI=1S/C17H17F2N3O/c1-10(2)5-16-20-7-11-8-22(9-15(11)21-16)17(23)13-6-12(18)3-4-14(13)19/h3-4,6-7,10H,5,8-9H2,1-2H3. The highest BCUT2D eigenvalue weighted by atomic mass is 19.1. The first-order valence-electron chi connectivity index (χ1n) is 7.52. The van der Waals surface area contributed by atoms with E-state index in [0.717, 1.165) is 41.7 Å². The van der Waals surface area contributed by atoms with Crippen LogP contribution in [0.3, 0.4) is 0 Å². The van der Waals surface area contributed by atoms with Crippen LogP contribution in [0.5, 0.6) is 0 Å². The fourth-order valence-corrected chi connectivity index (χ4v) is 2.63. The van der Waals surface area contributed by atoms with Crippen LogP contribution in [-0.4, -0.2) is 20.8 Å². The van der Waals surface area contributed by atoms with Crippen molar-refractivity contribution in [2.75, 3.05) is 0 Å². The minimum absolute atomic E-state index is 0.256. The van der Waals surface area contributed by atoms with Crippen LogP contribution in [0.1, 0.15) is 41.3 Å². The second kappa shape index (κ2) is 6.02. The fourth-order valence-electron chi connectivity index (χ4n) is 2.63. The average Bonchev–Trinajstić information content (AvgIpc) is 2.91. The van der Waals surface area contributed by atoms with E-state index < -0.39 is 17.5 Å². The van der Waals surface area contributed by atoms with E-state index in [1.165, 1.54) is 4.90 Å². The number of benzene rings is 1. The van der Waals surface area contributed by atoms with Crippen LogP contribution in [0, 0.1) is 17.6 Å². The molecule has 0 atom stereocenters. The van der Waals surface area contributed by atoms with Crippen molar-refractivity contribution in [2.24, 2.45) is 5.92 Å². The van der Waals surface area contributed by atoms with Crippen LogP contribution in [-0.2, 0) is 19.5 Å². The lowest BCUT2D eigenvalue weighted by Crippen LogP contribution is -2.26. The van der Waals surface area contributed by atoms with E-state index in [-0.39, 0.29) is 12.1 Å². The molecule has 0 spiro atoms. The van der Waals surface area contributed by atoms with Crippen molar-refractivity contribution in [3.8, 4) is 0 Å². The van der Waals surface area contributed by atoms with Gasteiger partial charge in [0, 0.05) is 24.7 Å². The van der Waals surface area contributed by atoms with E-state index in [4.69, 9.17) is 0 Å². The molecule has 6 heteroatoms. The Hall–Kier alpha value is -2.37. The molecule has 1 aliphatic rings. The van der Waals surface area contributed by atoms with Gasteiger partial charge in [-0.05, 0) is 24.1 Å². The highest BCUT2D eigenvalue weighted by molar-refractivity contribution is 5.94. The molecule has 3 rings (SSSR count). The number of fused-ring (bicyclic) bond motifs is 1. The van der Waals surface area contributed by atoms with Gasteiger partial charge in [-0.25, -0.2) is 18.7 Å². The van der Waals surface area contributed by atoms with Crippen molar-refractivity contribution in [1.82, 2.24) is 14.9 Å². The normalized spacial score (nSPS) is 13.5. The molecule has 1 amide bonds. The van der Waals surface area contributed by atoms with Gasteiger partial charge in [-0.1, -0.05) is 13.8 Å². The van der Waals surface area contributed by atoms with Gasteiger partial charge in [0.2, 0.25) is 0 Å². The van der Waals surface area contributed by atoms with Crippen molar-refractivity contribution < 1.29 is 13.6 Å². The number of carbonyl (C=O) groups is 1. The Morgan fingerprint density at radius 2 is 2.09 bits per heavy atom. The van der Waals surface area contributed by atoms with Gasteiger partial charge in [-0.15, -0.1) is 0 Å². The first-order chi connectivity index (χ1) is 10.9. The van der Waals surface area contributed by atoms with Gasteiger partial charge in [0.15, 0.2) is 0 Å². The molecule has 1 aromatic carbocycles. The molecule has 4 nitrogen and oxygen atoms in total. The SMILES string of the molecule is CC(C)Cc1ncc2c(n1)CN(C(=O)c1cc(F)ccc1F)C2. The maximum Gasteiger partial charge on any atom is 0.257 e. The van der Waals surface area contributed by atoms with Crippen LogP contribution in [0.25, 0.3) is 0 Å². The molecule has 0 bridgehead atoms. The Morgan fingerprint density at radius 3 is 2.83 bits per heavy atom. The summed E-state index contributed by atoms with van der Waals surface area (Å²) < 4.78 is 27.0. The molecule has 0 radical (unpaired) electrons. The predicted octanol–water partition coefficient (Wildman–Crippen LogP) is 3.11. The summed E-state index contributed by atoms with van der Waals surface area (Å²) in [5.74, 6) is -0.714. The smallest absolute Gasteiger partial charge is 0.257 e. The molecule has 120 valence electrons. The Bertz CT molecular complexity index is 761. The Morgan fingerprint density at radius 1 is 1.30 bits per heavy atom. The highest BCUT2D eigenvalue weighted by Gasteiger charge is 2.28. The molecule has 1 aliphatic heterocycles. The minimum Gasteiger partial charge on any atom is -0.328 e. The predicted molar refractivity (Wildman–Crippen MR) is 80.5 cm³/mol. The van der Waals surface area contributed by atoms with Gasteiger partial charge in [0.25, 0.3) is 5.91 Å². The van der Waals surface area contributed by atoms with Gasteiger partial charge >= 0.3 is 0 Å². The van der Waals surface area contributed by atoms with E-state index in [0.29, 0.717) is 12.5 Å². The van der Waals surface area contributed by atoms with Crippen molar-refractivity contribution in [3.05, 3.63) is 58.7 Å². The number of carbonyl (C=O) groups excluding carboxylic acids is 1. The van der Waals surface area contributed by atoms with E-state index in [2.05, 4.69) is 23.8 Å². The molecule has 0 N–H and O–H groups in total. The molecule has 0 fully saturated rings. The Balaban J connectivity index is 1.81. The number of halogens is 2. The Kier molecular flexibility index (Phi) is 4.07. The number of hydrogen-bond acceptors (Lipinski definition) is 3. The number of amides is 1. The largest absolute Gasteiger partial charge is 0.328 e. The van der Waals surface area contributed by atoms with Gasteiger partial charge in [-0.2, -0.15) is 0 Å². The second-order valence-corrected chi connectivity index (χ2v) is 6.14. The summed E-state index contributed by atoms with van der Waals surface area (Å²) in [6, 6.07) is 2.89. The third kappa shape index (κ3) is 3.21. The molecule has 1 aromatic heterocycles. The summed E-state index contributed by atoms with van der Waals surface area (Å²) in [7, 11) is 0. The van der Waals surface area contributed by atoms with Crippen LogP contribution in [0.4, 0.5) is 8.78 Å². The molecule has 2 aromatic rings. The molecule has 0 unspecified atom stereocenters. The number of aromatic nitrogens is 2. The molecular weight excluding hydrogens is 300 g/mol. The van der Waals surface area contributed by atoms with Crippen LogP contribution >= 0.6 is 0 Å². The van der Waals surface area contributed by atoms with Gasteiger partial charge in [-0.3, -0.25) is 4.79 Å². The third-order valence-electron chi connectivity index (χ3n) is 3.74. The number of nitrogens with zero attached hydrogens (tertiary/aromatic N) is 3. The van der Waals surface area contributed by atoms with Gasteiger partial charge in [0.1, 0.15) is 17.5 Å². The van der Waals surface area contributed by atoms with Crippen LogP contribution < -0.4 is 0 Å². The molecule has 0 saturated carbocycles. The highest BCUT2D eigenvalue weighted by Crippen LogP contribution is 2.24. The zero-order chi connectivity index (χ0) is 16.6. The second-order valence-electron chi connectivity index (χ2n) is 6.14. The van der Waals surface area contributed by atoms with Crippen molar-refractivity contribution in [3.63, 3.8) is 0 Å². The first-order valence-corrected chi connectivity index (χ1v) is 7.52. The zero-order valence-electron chi connectivity index (χ0n) is 13.0. The van der Waals surface area contributed by atoms with Crippen molar-refractivity contribution in [1.29, 1.82) is 0 Å². The van der Waals surface area contributed by atoms with E-state index >= 15 is 0 Å². The topological polar surface area (TPSA) is 46.1 Å². The van der Waals surface area contributed by atoms with E-state index in [1.807, 2.05) is 0 Å². The monoisotopic (exact) mass is 317 g/mol. The van der Waals surface area contributed by atoms with Crippen molar-refractivity contribution in [2.45, 2.75) is 33.4 Å². The molecule has 2 heterocycles. The summed E-state index contributed by atoms with van der Waals surface area (Å²) in [4.78, 5) is 22.7. The lowest BCUT2D eigenvalue weighted by Gasteiger charge is -2.15. The number of hydrogen-bond donors (Lipinski definition) is 0. The lowest BCUT2D eigenvalue weighted by atomic mass is 10.1. The summed E-state index contributed by atoms with van der Waals surface area (Å²) in [5.41, 5.74) is 1.37. The summed E-state index contributed by atoms with van der Waals surface area (Å²) >= 11 is 0. The average molecular weight is 317 g/mol. The van der Waals surface area contributed by atoms with Crippen LogP contribution in [0.2, 0.25) is 0 Å². The maximum atomic E-state index is 13.8. The molecule has 23 heavy (non-hydrogen) atoms. The lowest BCUT2D eigenvalue weighted by molar-refractivity contribution is 0.0745. The zero-order valence-corrected chi connectivity index (χ0v) is 13.0. The minimum atomic E-state index is -0.723. The fraction of sp³-hybridized carbons (Fsp3) is 0.353. The number of rotatable bonds is 3. The summed E-state index contributed by atoms with van der Waals surface area (Å²) in [5, 5.41) is 0.